The van der Waals surface area contributed by atoms with Crippen LogP contribution in [0.4, 0.5) is 4.79 Å². The third-order valence-corrected chi connectivity index (χ3v) is 11.3. The van der Waals surface area contributed by atoms with Crippen LogP contribution in [-0.2, 0) is 85.6 Å². The maximum absolute atomic E-state index is 13.2. The lowest BCUT2D eigenvalue weighted by Crippen LogP contribution is -2.48. The molecule has 2 aromatic carbocycles. The molecule has 22 nitrogen and oxygen atoms in total. The molecule has 2 aliphatic carbocycles. The second-order valence-electron chi connectivity index (χ2n) is 16.7. The van der Waals surface area contributed by atoms with Crippen LogP contribution in [0.15, 0.2) is 48.5 Å². The first kappa shape index (κ1) is 64.8. The van der Waals surface area contributed by atoms with Crippen molar-refractivity contribution < 1.29 is 90.4 Å². The maximum Gasteiger partial charge on any atom is 0.407 e. The number of methoxy groups -OCH3 is 1. The molecule has 0 unspecified atom stereocenters. The summed E-state index contributed by atoms with van der Waals surface area (Å²) in [6.07, 6.45) is -0.843. The van der Waals surface area contributed by atoms with E-state index in [-0.39, 0.29) is 58.1 Å². The molecule has 0 aliphatic heterocycles. The van der Waals surface area contributed by atoms with Gasteiger partial charge in [0.15, 0.2) is 11.6 Å². The van der Waals surface area contributed by atoms with Gasteiger partial charge in [0.2, 0.25) is 12.0 Å². The average Bonchev–Trinajstić information content (AvgIpc) is 3.91. The molecule has 0 bridgehead atoms. The topological polar surface area (TPSA) is 251 Å². The van der Waals surface area contributed by atoms with Gasteiger partial charge in [0.05, 0.1) is 152 Å². The van der Waals surface area contributed by atoms with Crippen molar-refractivity contribution in [2.75, 3.05) is 172 Å². The van der Waals surface area contributed by atoms with E-state index in [1.165, 1.54) is 0 Å². The molecular weight excluding hydrogens is 983 g/mol. The number of ether oxygens (including phenoxy) is 13. The van der Waals surface area contributed by atoms with E-state index in [2.05, 4.69) is 16.1 Å². The van der Waals surface area contributed by atoms with Crippen LogP contribution in [0, 0.1) is 0 Å². The van der Waals surface area contributed by atoms with Gasteiger partial charge in [-0.3, -0.25) is 24.0 Å². The molecule has 3 amide bonds. The number of nitrogens with one attached hydrogen (secondary N) is 3. The first-order chi connectivity index (χ1) is 36.4. The zero-order valence-corrected chi connectivity index (χ0v) is 43.0. The van der Waals surface area contributed by atoms with Crippen molar-refractivity contribution in [3.8, 4) is 11.1 Å². The highest BCUT2D eigenvalue weighted by Crippen LogP contribution is 2.44. The summed E-state index contributed by atoms with van der Waals surface area (Å²) >= 11 is 0. The Kier molecular flexibility index (Phi) is 36.8. The Balaban J connectivity index is 0.0000148. The molecule has 1 fully saturated rings. The Hall–Kier alpha value is -4.53. The third-order valence-electron chi connectivity index (χ3n) is 11.3. The molecule has 22 heteroatoms. The van der Waals surface area contributed by atoms with Crippen molar-refractivity contribution in [2.45, 2.75) is 64.0 Å². The first-order valence-electron chi connectivity index (χ1n) is 25.6. The monoisotopic (exact) mass is 1070 g/mol. The van der Waals surface area contributed by atoms with Crippen LogP contribution < -0.4 is 16.1 Å². The van der Waals surface area contributed by atoms with E-state index >= 15 is 0 Å². The Morgan fingerprint density at radius 1 is 0.533 bits per heavy atom. The summed E-state index contributed by atoms with van der Waals surface area (Å²) in [5.74, 6) is -1.96. The quantitative estimate of drug-likeness (QED) is 0.0488. The summed E-state index contributed by atoms with van der Waals surface area (Å²) in [5.41, 5.74) is 6.42. The lowest BCUT2D eigenvalue weighted by Gasteiger charge is -2.20. The molecule has 0 saturated heterocycles. The highest BCUT2D eigenvalue weighted by Gasteiger charge is 2.36. The van der Waals surface area contributed by atoms with Crippen LogP contribution in [-0.4, -0.2) is 214 Å². The number of fused-ring (bicyclic) bond motifs is 3. The fraction of sp³-hybridized carbons (Fsp3) is 0.679. The second kappa shape index (κ2) is 42.6. The average molecular weight is 1070 g/mol. The zero-order valence-electron chi connectivity index (χ0n) is 43.0. The van der Waals surface area contributed by atoms with Crippen molar-refractivity contribution in [1.29, 1.82) is 0 Å². The van der Waals surface area contributed by atoms with E-state index in [4.69, 9.17) is 66.4 Å². The van der Waals surface area contributed by atoms with Crippen LogP contribution in [0.2, 0.25) is 0 Å². The summed E-state index contributed by atoms with van der Waals surface area (Å²) in [5, 5.41) is 5.44. The number of ketones is 2. The SMILES string of the molecule is C.COCCOCCOCCOCCOCCOCCOCCOCCOCCOCCOCCOCCC(=O)NCCCC[C@H](NC(=O)OCC1c2ccccc2-c2ccccc21)C(=O)NOC1C(=O)CCC1=O. The van der Waals surface area contributed by atoms with Gasteiger partial charge in [0.25, 0.3) is 5.91 Å². The Morgan fingerprint density at radius 2 is 0.920 bits per heavy atom. The normalized spacial score (nSPS) is 13.6. The predicted octanol–water partition coefficient (Wildman–Crippen LogP) is 3.38. The van der Waals surface area contributed by atoms with Gasteiger partial charge in [-0.25, -0.2) is 10.3 Å². The second-order valence-corrected chi connectivity index (χ2v) is 16.7. The smallest absolute Gasteiger partial charge is 0.407 e. The van der Waals surface area contributed by atoms with Crippen LogP contribution >= 0.6 is 0 Å². The summed E-state index contributed by atoms with van der Waals surface area (Å²) in [4.78, 5) is 67.9. The van der Waals surface area contributed by atoms with Crippen molar-refractivity contribution in [3.63, 3.8) is 0 Å². The molecule has 1 atom stereocenters. The minimum Gasteiger partial charge on any atom is -0.449 e. The van der Waals surface area contributed by atoms with E-state index in [1.807, 2.05) is 48.5 Å². The van der Waals surface area contributed by atoms with E-state index < -0.39 is 35.7 Å². The number of rotatable bonds is 47. The van der Waals surface area contributed by atoms with Gasteiger partial charge in [0, 0.05) is 38.8 Å². The summed E-state index contributed by atoms with van der Waals surface area (Å²) in [6.45, 7) is 10.9. The van der Waals surface area contributed by atoms with E-state index in [0.717, 1.165) is 22.3 Å². The highest BCUT2D eigenvalue weighted by molar-refractivity contribution is 6.11. The van der Waals surface area contributed by atoms with Gasteiger partial charge in [-0.15, -0.1) is 0 Å². The van der Waals surface area contributed by atoms with E-state index in [0.29, 0.717) is 165 Å². The number of unbranched alkanes of at least 4 members (excludes halogenated alkanes) is 1. The molecule has 2 aromatic rings. The van der Waals surface area contributed by atoms with Crippen LogP contribution in [0.3, 0.4) is 0 Å². The molecule has 424 valence electrons. The largest absolute Gasteiger partial charge is 0.449 e. The van der Waals surface area contributed by atoms with Gasteiger partial charge in [-0.1, -0.05) is 56.0 Å². The molecule has 4 rings (SSSR count). The number of Topliss-reactive ketones (excluding diaryl/α,β-unsaturated/α-hetero) is 2. The number of hydroxylamine groups is 1. The lowest BCUT2D eigenvalue weighted by molar-refractivity contribution is -0.151. The first-order valence-corrected chi connectivity index (χ1v) is 25.6. The van der Waals surface area contributed by atoms with Gasteiger partial charge in [-0.2, -0.15) is 0 Å². The van der Waals surface area contributed by atoms with Crippen molar-refractivity contribution in [3.05, 3.63) is 59.7 Å². The Bertz CT molecular complexity index is 1800. The number of carbonyl (C=O) groups excluding carboxylic acids is 5. The minimum atomic E-state index is -1.37. The van der Waals surface area contributed by atoms with Gasteiger partial charge < -0.3 is 72.2 Å². The van der Waals surface area contributed by atoms with Gasteiger partial charge >= 0.3 is 6.09 Å². The minimum absolute atomic E-state index is 0. The van der Waals surface area contributed by atoms with Crippen molar-refractivity contribution in [2.24, 2.45) is 0 Å². The van der Waals surface area contributed by atoms with Crippen molar-refractivity contribution >= 4 is 29.5 Å². The molecule has 0 heterocycles. The molecule has 0 aromatic heterocycles. The highest BCUT2D eigenvalue weighted by atomic mass is 16.7. The molecule has 0 radical (unpaired) electrons. The Labute approximate surface area is 441 Å². The van der Waals surface area contributed by atoms with E-state index in [1.54, 1.807) is 7.11 Å². The molecule has 0 spiro atoms. The summed E-state index contributed by atoms with van der Waals surface area (Å²) in [7, 11) is 1.64. The molecule has 2 aliphatic rings. The fourth-order valence-corrected chi connectivity index (χ4v) is 7.46. The molecular formula is C53H83N3O19. The van der Waals surface area contributed by atoms with Gasteiger partial charge in [-0.05, 0) is 41.5 Å². The van der Waals surface area contributed by atoms with Crippen LogP contribution in [0.25, 0.3) is 11.1 Å². The number of hydrogen-bond acceptors (Lipinski definition) is 19. The summed E-state index contributed by atoms with van der Waals surface area (Å²) in [6, 6.07) is 14.8. The number of benzene rings is 2. The van der Waals surface area contributed by atoms with Crippen molar-refractivity contribution in [1.82, 2.24) is 16.1 Å². The summed E-state index contributed by atoms with van der Waals surface area (Å²) < 4.78 is 70.7. The lowest BCUT2D eigenvalue weighted by atomic mass is 9.98. The molecule has 1 saturated carbocycles. The molecule has 75 heavy (non-hydrogen) atoms. The van der Waals surface area contributed by atoms with E-state index in [9.17, 15) is 24.0 Å². The van der Waals surface area contributed by atoms with Crippen LogP contribution in [0.1, 0.15) is 63.0 Å². The number of amides is 3. The molecule has 3 N–H and O–H groups in total. The third kappa shape index (κ3) is 28.4. The number of alkyl carbamates (subject to hydrolysis) is 1. The van der Waals surface area contributed by atoms with Crippen LogP contribution in [0.5, 0.6) is 0 Å². The fourth-order valence-electron chi connectivity index (χ4n) is 7.46. The number of hydrogen-bond donors (Lipinski definition) is 3. The predicted molar refractivity (Wildman–Crippen MR) is 273 cm³/mol. The zero-order chi connectivity index (χ0) is 52.5. The Morgan fingerprint density at radius 3 is 1.33 bits per heavy atom. The maximum atomic E-state index is 13.2. The standard InChI is InChI=1S/C52H79N3O19.CH4/c1-61-18-19-63-22-23-65-26-27-67-30-31-69-34-35-71-38-39-72-37-36-70-33-32-68-29-28-66-25-24-64-21-20-62-17-15-49(58)53-16-7-6-12-46(51(59)55-74-50-47(56)13-14-48(50)57)54-52(60)73-40-45-43-10-4-2-8-41(43)42-9-3-5-11-44(42)45;/h2-5,8-11,45-46,50H,6-7,12-40H2,1H3,(H,53,58)(H,54,60)(H,55,59);1H4/t46-;/m0./s1. The van der Waals surface area contributed by atoms with Gasteiger partial charge in [0.1, 0.15) is 12.6 Å². The number of carbonyl (C=O) groups is 5.